The molecule has 26 heavy (non-hydrogen) atoms. The molecule has 1 fully saturated rings. The van der Waals surface area contributed by atoms with Crippen LogP contribution in [0.4, 0.5) is 0 Å². The predicted molar refractivity (Wildman–Crippen MR) is 101 cm³/mol. The van der Waals surface area contributed by atoms with Crippen LogP contribution in [-0.2, 0) is 16.8 Å². The van der Waals surface area contributed by atoms with Gasteiger partial charge in [0.25, 0.3) is 0 Å². The molecule has 1 unspecified atom stereocenters. The molecule has 0 aliphatic heterocycles. The van der Waals surface area contributed by atoms with Gasteiger partial charge in [0.05, 0.1) is 11.7 Å². The molecule has 3 rings (SSSR count). The number of fused-ring (bicyclic) bond motifs is 1. The van der Waals surface area contributed by atoms with Crippen LogP contribution in [0.2, 0.25) is 0 Å². The quantitative estimate of drug-likeness (QED) is 0.379. The Hall–Kier alpha value is -1.36. The molecule has 0 spiro atoms. The number of carboxylic acids is 1. The van der Waals surface area contributed by atoms with Crippen LogP contribution in [0.5, 0.6) is 0 Å². The zero-order valence-corrected chi connectivity index (χ0v) is 15.7. The smallest absolute Gasteiger partial charge is 0.303 e. The second-order valence-electron chi connectivity index (χ2n) is 7.68. The second-order valence-corrected chi connectivity index (χ2v) is 8.24. The van der Waals surface area contributed by atoms with Crippen LogP contribution in [0.15, 0.2) is 30.4 Å². The van der Waals surface area contributed by atoms with Crippen molar-refractivity contribution in [2.24, 2.45) is 5.92 Å². The van der Waals surface area contributed by atoms with Gasteiger partial charge in [-0.1, -0.05) is 30.4 Å². The number of rotatable bonds is 7. The van der Waals surface area contributed by atoms with Gasteiger partial charge in [0.2, 0.25) is 0 Å². The molecular weight excluding hydrogens is 352 g/mol. The Morgan fingerprint density at radius 1 is 1.31 bits per heavy atom. The zero-order valence-electron chi connectivity index (χ0n) is 14.9. The molecule has 0 heterocycles. The molecule has 0 saturated heterocycles. The van der Waals surface area contributed by atoms with Gasteiger partial charge < -0.3 is 15.3 Å². The zero-order chi connectivity index (χ0) is 18.7. The van der Waals surface area contributed by atoms with Gasteiger partial charge in [-0.05, 0) is 67.6 Å². The Kier molecular flexibility index (Phi) is 6.06. The number of aliphatic hydroxyl groups excluding tert-OH is 1. The number of carbonyl (C=O) groups is 1. The maximum atomic E-state index is 11.2. The lowest BCUT2D eigenvalue weighted by atomic mass is 9.88. The molecule has 4 atom stereocenters. The first-order chi connectivity index (χ1) is 12.4. The highest BCUT2D eigenvalue weighted by Crippen LogP contribution is 2.47. The Labute approximate surface area is 159 Å². The molecule has 2 aliphatic carbocycles. The summed E-state index contributed by atoms with van der Waals surface area (Å²) in [5.74, 6) is -0.557. The predicted octanol–water partition coefficient (Wildman–Crippen LogP) is 4.07. The normalized spacial score (nSPS) is 30.8. The molecule has 4 nitrogen and oxygen atoms in total. The minimum absolute atomic E-state index is 0.0810. The first kappa shape index (κ1) is 19.4. The summed E-state index contributed by atoms with van der Waals surface area (Å²) in [4.78, 5) is 10.5. The van der Waals surface area contributed by atoms with Gasteiger partial charge in [0.1, 0.15) is 0 Å². The third kappa shape index (κ3) is 4.30. The monoisotopic (exact) mass is 378 g/mol. The average Bonchev–Trinajstić information content (AvgIpc) is 3.11. The van der Waals surface area contributed by atoms with E-state index in [1.54, 1.807) is 0 Å². The van der Waals surface area contributed by atoms with Crippen molar-refractivity contribution in [2.45, 2.75) is 68.4 Å². The van der Waals surface area contributed by atoms with Crippen molar-refractivity contribution in [1.29, 1.82) is 0 Å². The summed E-state index contributed by atoms with van der Waals surface area (Å²) in [6.45, 7) is 0. The van der Waals surface area contributed by atoms with Crippen LogP contribution in [0.25, 0.3) is 0 Å². The fraction of sp³-hybridized carbons (Fsp3) is 0.571. The summed E-state index contributed by atoms with van der Waals surface area (Å²) in [7, 11) is 0. The van der Waals surface area contributed by atoms with Crippen LogP contribution in [-0.4, -0.2) is 26.7 Å². The molecular formula is C21H27ClO4. The van der Waals surface area contributed by atoms with Gasteiger partial charge in [-0.2, -0.15) is 0 Å². The van der Waals surface area contributed by atoms with Crippen LogP contribution >= 0.6 is 11.6 Å². The average molecular weight is 379 g/mol. The second kappa shape index (κ2) is 8.12. The highest BCUT2D eigenvalue weighted by Gasteiger charge is 2.44. The number of allylic oxidation sites excluding steroid dienone is 2. The number of unbranched alkanes of at least 4 members (excludes halogenated alkanes) is 1. The lowest BCUT2D eigenvalue weighted by Gasteiger charge is -2.24. The van der Waals surface area contributed by atoms with Crippen LogP contribution in [0.1, 0.15) is 67.7 Å². The number of carboxylic acid groups (broad SMARTS) is 1. The number of hydrogen-bond acceptors (Lipinski definition) is 3. The standard InChI is InChI=1S/C21H27ClO4/c22-18-13-21(26,12-15(18)5-3-1-2-4-6-20(24)25)16-8-9-17-14(11-16)7-10-19(17)23/h1,3,8-9,11,15,18-19,23,26H,2,4-7,10,12-13H2,(H,24,25)/t15-,18-,19?,21-/m1/s1. The van der Waals surface area contributed by atoms with Gasteiger partial charge in [-0.15, -0.1) is 11.6 Å². The van der Waals surface area contributed by atoms with E-state index in [2.05, 4.69) is 6.08 Å². The Morgan fingerprint density at radius 3 is 2.88 bits per heavy atom. The van der Waals surface area contributed by atoms with Crippen LogP contribution < -0.4 is 0 Å². The Morgan fingerprint density at radius 2 is 2.12 bits per heavy atom. The molecule has 0 radical (unpaired) electrons. The van der Waals surface area contributed by atoms with E-state index >= 15 is 0 Å². The van der Waals surface area contributed by atoms with E-state index in [-0.39, 0.29) is 23.8 Å². The van der Waals surface area contributed by atoms with Crippen molar-refractivity contribution in [3.05, 3.63) is 47.0 Å². The van der Waals surface area contributed by atoms with Crippen molar-refractivity contribution < 1.29 is 20.1 Å². The number of benzene rings is 1. The topological polar surface area (TPSA) is 77.8 Å². The lowest BCUT2D eigenvalue weighted by molar-refractivity contribution is -0.137. The van der Waals surface area contributed by atoms with Crippen molar-refractivity contribution >= 4 is 17.6 Å². The summed E-state index contributed by atoms with van der Waals surface area (Å²) in [6.07, 6.45) is 8.86. The summed E-state index contributed by atoms with van der Waals surface area (Å²) in [5, 5.41) is 29.7. The van der Waals surface area contributed by atoms with E-state index in [1.807, 2.05) is 24.3 Å². The fourth-order valence-corrected chi connectivity index (χ4v) is 4.69. The van der Waals surface area contributed by atoms with Gasteiger partial charge in [0, 0.05) is 11.8 Å². The maximum absolute atomic E-state index is 11.2. The third-order valence-electron chi connectivity index (χ3n) is 5.74. The van der Waals surface area contributed by atoms with Gasteiger partial charge in [0.15, 0.2) is 0 Å². The number of aryl methyl sites for hydroxylation is 1. The molecule has 0 bridgehead atoms. The van der Waals surface area contributed by atoms with Crippen molar-refractivity contribution in [3.8, 4) is 0 Å². The van der Waals surface area contributed by atoms with Gasteiger partial charge in [-0.25, -0.2) is 0 Å². The molecule has 5 heteroatoms. The van der Waals surface area contributed by atoms with E-state index in [0.717, 1.165) is 42.4 Å². The number of halogens is 1. The molecule has 142 valence electrons. The van der Waals surface area contributed by atoms with Crippen LogP contribution in [0, 0.1) is 5.92 Å². The van der Waals surface area contributed by atoms with E-state index < -0.39 is 11.6 Å². The van der Waals surface area contributed by atoms with E-state index in [9.17, 15) is 15.0 Å². The molecule has 0 amide bonds. The van der Waals surface area contributed by atoms with Crippen LogP contribution in [0.3, 0.4) is 0 Å². The number of aliphatic hydroxyl groups is 2. The van der Waals surface area contributed by atoms with Crippen molar-refractivity contribution in [2.75, 3.05) is 0 Å². The minimum Gasteiger partial charge on any atom is -0.481 e. The molecule has 1 aromatic rings. The van der Waals surface area contributed by atoms with Crippen molar-refractivity contribution in [3.63, 3.8) is 0 Å². The summed E-state index contributed by atoms with van der Waals surface area (Å²) in [6, 6.07) is 5.92. The minimum atomic E-state index is -0.906. The van der Waals surface area contributed by atoms with E-state index in [1.165, 1.54) is 0 Å². The largest absolute Gasteiger partial charge is 0.481 e. The fourth-order valence-electron chi connectivity index (χ4n) is 4.25. The number of aliphatic carboxylic acids is 1. The molecule has 3 N–H and O–H groups in total. The molecule has 1 saturated carbocycles. The first-order valence-corrected chi connectivity index (χ1v) is 9.87. The molecule has 2 aliphatic rings. The first-order valence-electron chi connectivity index (χ1n) is 9.43. The molecule has 0 aromatic heterocycles. The Bertz CT molecular complexity index is 687. The van der Waals surface area contributed by atoms with Crippen molar-refractivity contribution in [1.82, 2.24) is 0 Å². The summed E-state index contributed by atoms with van der Waals surface area (Å²) in [5.41, 5.74) is 2.12. The SMILES string of the molecule is O=C(O)CCCC=CC[C@@H]1C[C@](O)(c2ccc3c(c2)CCC3O)C[C@H]1Cl. The molecule has 1 aromatic carbocycles. The number of alkyl halides is 1. The van der Waals surface area contributed by atoms with E-state index in [4.69, 9.17) is 16.7 Å². The Balaban J connectivity index is 1.59. The maximum Gasteiger partial charge on any atom is 0.303 e. The highest BCUT2D eigenvalue weighted by molar-refractivity contribution is 6.21. The van der Waals surface area contributed by atoms with Gasteiger partial charge in [-0.3, -0.25) is 4.79 Å². The van der Waals surface area contributed by atoms with E-state index in [0.29, 0.717) is 19.3 Å². The third-order valence-corrected chi connectivity index (χ3v) is 6.25. The lowest BCUT2D eigenvalue weighted by Crippen LogP contribution is -2.22. The van der Waals surface area contributed by atoms with Gasteiger partial charge >= 0.3 is 5.97 Å². The number of hydrogen-bond donors (Lipinski definition) is 3. The highest BCUT2D eigenvalue weighted by atomic mass is 35.5. The summed E-state index contributed by atoms with van der Waals surface area (Å²) >= 11 is 6.52. The summed E-state index contributed by atoms with van der Waals surface area (Å²) < 4.78 is 0.